The molecule has 106 valence electrons. The van der Waals surface area contributed by atoms with Crippen LogP contribution < -0.4 is 11.1 Å². The van der Waals surface area contributed by atoms with E-state index in [9.17, 15) is 9.50 Å². The van der Waals surface area contributed by atoms with E-state index in [-0.39, 0.29) is 5.75 Å². The van der Waals surface area contributed by atoms with Crippen molar-refractivity contribution in [3.63, 3.8) is 0 Å². The Balaban J connectivity index is 2.12. The SMILES string of the molecule is Cc1cc(O)ccc1Nc1nccc2c(N)cc(F)cc12. The van der Waals surface area contributed by atoms with Crippen LogP contribution >= 0.6 is 0 Å². The standard InChI is InChI=1S/C16H14FN3O/c1-9-6-11(21)2-3-15(9)20-16-13-7-10(17)8-14(18)12(13)4-5-19-16/h2-8,21H,18H2,1H3,(H,19,20). The molecule has 3 rings (SSSR count). The molecule has 2 aromatic carbocycles. The molecule has 0 bridgehead atoms. The van der Waals surface area contributed by atoms with E-state index in [1.54, 1.807) is 30.5 Å². The summed E-state index contributed by atoms with van der Waals surface area (Å²) in [6.07, 6.45) is 1.62. The zero-order chi connectivity index (χ0) is 15.0. The first-order valence-electron chi connectivity index (χ1n) is 6.45. The summed E-state index contributed by atoms with van der Waals surface area (Å²) in [6.45, 7) is 1.86. The number of nitrogen functional groups attached to an aromatic ring is 1. The van der Waals surface area contributed by atoms with Crippen LogP contribution in [-0.2, 0) is 0 Å². The van der Waals surface area contributed by atoms with E-state index in [4.69, 9.17) is 5.73 Å². The number of pyridine rings is 1. The number of nitrogens with zero attached hydrogens (tertiary/aromatic N) is 1. The molecule has 0 radical (unpaired) electrons. The van der Waals surface area contributed by atoms with Crippen LogP contribution in [-0.4, -0.2) is 10.1 Å². The lowest BCUT2D eigenvalue weighted by atomic mass is 10.1. The summed E-state index contributed by atoms with van der Waals surface area (Å²) in [5.41, 5.74) is 7.86. The number of aryl methyl sites for hydroxylation is 1. The average molecular weight is 283 g/mol. The summed E-state index contributed by atoms with van der Waals surface area (Å²) in [4.78, 5) is 4.25. The molecule has 0 fully saturated rings. The highest BCUT2D eigenvalue weighted by Crippen LogP contribution is 2.30. The number of benzene rings is 2. The van der Waals surface area contributed by atoms with E-state index < -0.39 is 5.82 Å². The lowest BCUT2D eigenvalue weighted by molar-refractivity contribution is 0.475. The Labute approximate surface area is 121 Å². The lowest BCUT2D eigenvalue weighted by Gasteiger charge is -2.12. The van der Waals surface area contributed by atoms with Crippen LogP contribution in [0.4, 0.5) is 21.6 Å². The molecule has 1 aromatic heterocycles. The zero-order valence-electron chi connectivity index (χ0n) is 11.4. The predicted octanol–water partition coefficient (Wildman–Crippen LogP) is 3.71. The first-order chi connectivity index (χ1) is 10.0. The van der Waals surface area contributed by atoms with Crippen LogP contribution in [0, 0.1) is 12.7 Å². The molecule has 0 atom stereocenters. The molecule has 1 heterocycles. The highest BCUT2D eigenvalue weighted by molar-refractivity contribution is 6.00. The first kappa shape index (κ1) is 13.2. The number of halogens is 1. The van der Waals surface area contributed by atoms with Gasteiger partial charge in [0.05, 0.1) is 0 Å². The molecule has 0 saturated heterocycles. The van der Waals surface area contributed by atoms with Crippen LogP contribution in [0.2, 0.25) is 0 Å². The Morgan fingerprint density at radius 1 is 1.14 bits per heavy atom. The molecular weight excluding hydrogens is 269 g/mol. The van der Waals surface area contributed by atoms with Crippen LogP contribution in [0.15, 0.2) is 42.6 Å². The van der Waals surface area contributed by atoms with Crippen molar-refractivity contribution in [3.8, 4) is 5.75 Å². The summed E-state index contributed by atoms with van der Waals surface area (Å²) in [5, 5.41) is 13.9. The minimum absolute atomic E-state index is 0.194. The zero-order valence-corrected chi connectivity index (χ0v) is 11.4. The summed E-state index contributed by atoms with van der Waals surface area (Å²) >= 11 is 0. The number of nitrogens with two attached hydrogens (primary N) is 1. The van der Waals surface area contributed by atoms with E-state index in [0.29, 0.717) is 16.9 Å². The van der Waals surface area contributed by atoms with Gasteiger partial charge in [-0.3, -0.25) is 0 Å². The number of rotatable bonds is 2. The average Bonchev–Trinajstić information content (AvgIpc) is 2.42. The second-order valence-electron chi connectivity index (χ2n) is 4.87. The number of fused-ring (bicyclic) bond motifs is 1. The highest BCUT2D eigenvalue weighted by atomic mass is 19.1. The fraction of sp³-hybridized carbons (Fsp3) is 0.0625. The monoisotopic (exact) mass is 283 g/mol. The van der Waals surface area contributed by atoms with Gasteiger partial charge in [-0.25, -0.2) is 9.37 Å². The maximum absolute atomic E-state index is 13.6. The Morgan fingerprint density at radius 3 is 2.71 bits per heavy atom. The van der Waals surface area contributed by atoms with Crippen molar-refractivity contribution in [2.75, 3.05) is 11.1 Å². The van der Waals surface area contributed by atoms with E-state index >= 15 is 0 Å². The number of phenolic OH excluding ortho intramolecular Hbond substituents is 1. The summed E-state index contributed by atoms with van der Waals surface area (Å²) < 4.78 is 13.6. The number of hydrogen-bond acceptors (Lipinski definition) is 4. The molecule has 0 unspecified atom stereocenters. The van der Waals surface area contributed by atoms with Crippen molar-refractivity contribution >= 4 is 28.0 Å². The fourth-order valence-corrected chi connectivity index (χ4v) is 2.29. The van der Waals surface area contributed by atoms with Crippen molar-refractivity contribution in [1.82, 2.24) is 4.98 Å². The number of aromatic hydroxyl groups is 1. The third-order valence-electron chi connectivity index (χ3n) is 3.34. The molecule has 0 aliphatic carbocycles. The van der Waals surface area contributed by atoms with Crippen molar-refractivity contribution in [2.24, 2.45) is 0 Å². The summed E-state index contributed by atoms with van der Waals surface area (Å²) in [5.74, 6) is 0.310. The van der Waals surface area contributed by atoms with Crippen LogP contribution in [0.25, 0.3) is 10.8 Å². The molecule has 0 spiro atoms. The van der Waals surface area contributed by atoms with Gasteiger partial charge in [0.15, 0.2) is 0 Å². The first-order valence-corrected chi connectivity index (χ1v) is 6.45. The molecule has 0 aliphatic heterocycles. The van der Waals surface area contributed by atoms with Gasteiger partial charge >= 0.3 is 0 Å². The Hall–Kier alpha value is -2.82. The maximum atomic E-state index is 13.6. The van der Waals surface area contributed by atoms with Crippen molar-refractivity contribution < 1.29 is 9.50 Å². The van der Waals surface area contributed by atoms with Crippen molar-refractivity contribution in [1.29, 1.82) is 0 Å². The number of nitrogens with one attached hydrogen (secondary N) is 1. The predicted molar refractivity (Wildman–Crippen MR) is 82.2 cm³/mol. The van der Waals surface area contributed by atoms with E-state index in [2.05, 4.69) is 10.3 Å². The largest absolute Gasteiger partial charge is 0.508 e. The molecule has 4 nitrogen and oxygen atoms in total. The number of anilines is 3. The quantitative estimate of drug-likeness (QED) is 0.495. The number of aromatic nitrogens is 1. The van der Waals surface area contributed by atoms with Crippen LogP contribution in [0.5, 0.6) is 5.75 Å². The minimum Gasteiger partial charge on any atom is -0.508 e. The lowest BCUT2D eigenvalue weighted by Crippen LogP contribution is -1.98. The summed E-state index contributed by atoms with van der Waals surface area (Å²) in [7, 11) is 0. The van der Waals surface area contributed by atoms with E-state index in [0.717, 1.165) is 16.6 Å². The highest BCUT2D eigenvalue weighted by Gasteiger charge is 2.09. The maximum Gasteiger partial charge on any atom is 0.138 e. The van der Waals surface area contributed by atoms with Gasteiger partial charge < -0.3 is 16.2 Å². The van der Waals surface area contributed by atoms with Crippen molar-refractivity contribution in [3.05, 3.63) is 54.0 Å². The molecule has 0 saturated carbocycles. The molecule has 3 aromatic rings. The van der Waals surface area contributed by atoms with E-state index in [1.807, 2.05) is 6.92 Å². The number of phenols is 1. The summed E-state index contributed by atoms with van der Waals surface area (Å²) in [6, 6.07) is 9.40. The Bertz CT molecular complexity index is 833. The van der Waals surface area contributed by atoms with Gasteiger partial charge in [0.1, 0.15) is 17.4 Å². The molecule has 5 heteroatoms. The Morgan fingerprint density at radius 2 is 1.95 bits per heavy atom. The van der Waals surface area contributed by atoms with Gasteiger partial charge in [-0.1, -0.05) is 0 Å². The van der Waals surface area contributed by atoms with Crippen LogP contribution in [0.1, 0.15) is 5.56 Å². The minimum atomic E-state index is -0.404. The van der Waals surface area contributed by atoms with Gasteiger partial charge in [-0.2, -0.15) is 0 Å². The third kappa shape index (κ3) is 2.45. The number of hydrogen-bond donors (Lipinski definition) is 3. The van der Waals surface area contributed by atoms with Gasteiger partial charge in [-0.05, 0) is 48.9 Å². The third-order valence-corrected chi connectivity index (χ3v) is 3.34. The molecule has 0 aliphatic rings. The molecular formula is C16H14FN3O. The Kier molecular flexibility index (Phi) is 3.10. The fourth-order valence-electron chi connectivity index (χ4n) is 2.29. The van der Waals surface area contributed by atoms with Gasteiger partial charge in [0.2, 0.25) is 0 Å². The topological polar surface area (TPSA) is 71.2 Å². The molecule has 21 heavy (non-hydrogen) atoms. The second-order valence-corrected chi connectivity index (χ2v) is 4.87. The van der Waals surface area contributed by atoms with Crippen molar-refractivity contribution in [2.45, 2.75) is 6.92 Å². The van der Waals surface area contributed by atoms with Gasteiger partial charge in [-0.15, -0.1) is 0 Å². The molecule has 0 amide bonds. The van der Waals surface area contributed by atoms with Gasteiger partial charge in [0.25, 0.3) is 0 Å². The van der Waals surface area contributed by atoms with Crippen LogP contribution in [0.3, 0.4) is 0 Å². The van der Waals surface area contributed by atoms with Gasteiger partial charge in [0, 0.05) is 28.3 Å². The van der Waals surface area contributed by atoms with E-state index in [1.165, 1.54) is 12.1 Å². The second kappa shape index (κ2) is 4.94. The molecule has 4 N–H and O–H groups in total. The smallest absolute Gasteiger partial charge is 0.138 e. The normalized spacial score (nSPS) is 10.8.